The third kappa shape index (κ3) is 6.56. The SMILES string of the molecule is CCOc1cc(/C=C(/C#N)C(=O)NC(C)C)cc(Cl)c1OCc1ccc(Cl)cc1Cl. The first kappa shape index (κ1) is 23.9. The standard InChI is InChI=1S/C22H21Cl3N2O3/c1-4-29-20-9-14(7-16(11-26)22(28)27-13(2)3)8-19(25)21(20)30-12-15-5-6-17(23)10-18(15)24/h5-10,13H,4,12H2,1-3H3,(H,27,28)/b16-7-. The Balaban J connectivity index is 2.34. The molecule has 1 N–H and O–H groups in total. The lowest BCUT2D eigenvalue weighted by molar-refractivity contribution is -0.117. The minimum atomic E-state index is -0.459. The zero-order chi connectivity index (χ0) is 22.3. The quantitative estimate of drug-likeness (QED) is 0.378. The van der Waals surface area contributed by atoms with E-state index >= 15 is 0 Å². The Labute approximate surface area is 191 Å². The van der Waals surface area contributed by atoms with Crippen molar-refractivity contribution in [2.24, 2.45) is 0 Å². The number of nitriles is 1. The van der Waals surface area contributed by atoms with Gasteiger partial charge in [-0.25, -0.2) is 0 Å². The van der Waals surface area contributed by atoms with Crippen LogP contribution < -0.4 is 14.8 Å². The summed E-state index contributed by atoms with van der Waals surface area (Å²) in [5.74, 6) is 0.272. The van der Waals surface area contributed by atoms with Gasteiger partial charge in [-0.1, -0.05) is 40.9 Å². The fourth-order valence-electron chi connectivity index (χ4n) is 2.52. The van der Waals surface area contributed by atoms with Gasteiger partial charge in [0, 0.05) is 21.7 Å². The number of nitrogens with zero attached hydrogens (tertiary/aromatic N) is 1. The molecule has 0 saturated carbocycles. The van der Waals surface area contributed by atoms with Gasteiger partial charge in [0.15, 0.2) is 11.5 Å². The van der Waals surface area contributed by atoms with E-state index in [1.807, 2.05) is 26.8 Å². The van der Waals surface area contributed by atoms with Crippen molar-refractivity contribution in [3.63, 3.8) is 0 Å². The van der Waals surface area contributed by atoms with Crippen molar-refractivity contribution in [1.29, 1.82) is 5.26 Å². The van der Waals surface area contributed by atoms with Crippen LogP contribution in [0, 0.1) is 11.3 Å². The van der Waals surface area contributed by atoms with Crippen molar-refractivity contribution < 1.29 is 14.3 Å². The summed E-state index contributed by atoms with van der Waals surface area (Å²) in [4.78, 5) is 12.2. The molecule has 0 saturated heterocycles. The Hall–Kier alpha value is -2.39. The van der Waals surface area contributed by atoms with Gasteiger partial charge in [0.05, 0.1) is 11.6 Å². The maximum atomic E-state index is 12.2. The summed E-state index contributed by atoms with van der Waals surface area (Å²) in [6, 6.07) is 10.2. The first-order valence-corrected chi connectivity index (χ1v) is 10.3. The smallest absolute Gasteiger partial charge is 0.262 e. The second-order valence-corrected chi connectivity index (χ2v) is 7.84. The molecule has 0 aromatic heterocycles. The average molecular weight is 468 g/mol. The molecule has 0 unspecified atom stereocenters. The van der Waals surface area contributed by atoms with Crippen LogP contribution in [0.1, 0.15) is 31.9 Å². The maximum Gasteiger partial charge on any atom is 0.262 e. The summed E-state index contributed by atoms with van der Waals surface area (Å²) in [6.45, 7) is 5.99. The van der Waals surface area contributed by atoms with Crippen molar-refractivity contribution in [2.75, 3.05) is 6.61 Å². The Morgan fingerprint density at radius 3 is 2.50 bits per heavy atom. The normalized spacial score (nSPS) is 11.2. The van der Waals surface area contributed by atoms with Crippen LogP contribution in [0.2, 0.25) is 15.1 Å². The topological polar surface area (TPSA) is 71.3 Å². The van der Waals surface area contributed by atoms with Gasteiger partial charge >= 0.3 is 0 Å². The minimum Gasteiger partial charge on any atom is -0.490 e. The molecule has 0 atom stereocenters. The highest BCUT2D eigenvalue weighted by molar-refractivity contribution is 6.35. The van der Waals surface area contributed by atoms with Crippen LogP contribution in [0.15, 0.2) is 35.9 Å². The van der Waals surface area contributed by atoms with Gasteiger partial charge in [0.2, 0.25) is 0 Å². The van der Waals surface area contributed by atoms with Gasteiger partial charge in [0.1, 0.15) is 18.2 Å². The van der Waals surface area contributed by atoms with Gasteiger partial charge < -0.3 is 14.8 Å². The van der Waals surface area contributed by atoms with E-state index < -0.39 is 5.91 Å². The molecule has 2 aromatic carbocycles. The van der Waals surface area contributed by atoms with Crippen molar-refractivity contribution in [3.05, 3.63) is 62.1 Å². The molecular formula is C22H21Cl3N2O3. The highest BCUT2D eigenvalue weighted by Crippen LogP contribution is 2.38. The van der Waals surface area contributed by atoms with Crippen LogP contribution in [-0.4, -0.2) is 18.6 Å². The van der Waals surface area contributed by atoms with Crippen molar-refractivity contribution in [3.8, 4) is 17.6 Å². The second kappa shape index (κ2) is 11.1. The molecular weight excluding hydrogens is 447 g/mol. The van der Waals surface area contributed by atoms with E-state index in [4.69, 9.17) is 44.3 Å². The molecule has 0 aliphatic heterocycles. The van der Waals surface area contributed by atoms with E-state index in [1.165, 1.54) is 6.08 Å². The molecule has 5 nitrogen and oxygen atoms in total. The number of benzene rings is 2. The van der Waals surface area contributed by atoms with Crippen LogP contribution in [0.25, 0.3) is 6.08 Å². The fourth-order valence-corrected chi connectivity index (χ4v) is 3.25. The summed E-state index contributed by atoms with van der Waals surface area (Å²) in [5, 5.41) is 13.3. The number of nitrogens with one attached hydrogen (secondary N) is 1. The fraction of sp³-hybridized carbons (Fsp3) is 0.273. The molecule has 1 amide bonds. The Morgan fingerprint density at radius 1 is 1.17 bits per heavy atom. The van der Waals surface area contributed by atoms with Crippen LogP contribution in [0.3, 0.4) is 0 Å². The Kier molecular flexibility index (Phi) is 8.86. The van der Waals surface area contributed by atoms with Gasteiger partial charge in [-0.05, 0) is 56.7 Å². The van der Waals surface area contributed by atoms with Gasteiger partial charge in [-0.3, -0.25) is 4.79 Å². The number of ether oxygens (including phenoxy) is 2. The van der Waals surface area contributed by atoms with Gasteiger partial charge in [-0.15, -0.1) is 0 Å². The predicted octanol–water partition coefficient (Wildman–Crippen LogP) is 6.06. The lowest BCUT2D eigenvalue weighted by Gasteiger charge is -2.15. The monoisotopic (exact) mass is 466 g/mol. The molecule has 2 rings (SSSR count). The molecule has 2 aromatic rings. The number of hydrogen-bond donors (Lipinski definition) is 1. The number of halogens is 3. The molecule has 30 heavy (non-hydrogen) atoms. The van der Waals surface area contributed by atoms with E-state index in [9.17, 15) is 10.1 Å². The van der Waals surface area contributed by atoms with Crippen molar-refractivity contribution >= 4 is 46.8 Å². The number of rotatable bonds is 8. The van der Waals surface area contributed by atoms with Crippen LogP contribution in [-0.2, 0) is 11.4 Å². The minimum absolute atomic E-state index is 0.0381. The molecule has 0 radical (unpaired) electrons. The lowest BCUT2D eigenvalue weighted by Crippen LogP contribution is -2.30. The lowest BCUT2D eigenvalue weighted by atomic mass is 10.1. The van der Waals surface area contributed by atoms with E-state index in [2.05, 4.69) is 5.32 Å². The largest absolute Gasteiger partial charge is 0.490 e. The first-order valence-electron chi connectivity index (χ1n) is 9.20. The summed E-state index contributed by atoms with van der Waals surface area (Å²) in [5.41, 5.74) is 1.24. The molecule has 0 aliphatic carbocycles. The molecule has 0 aliphatic rings. The van der Waals surface area contributed by atoms with Gasteiger partial charge in [-0.2, -0.15) is 5.26 Å². The predicted molar refractivity (Wildman–Crippen MR) is 120 cm³/mol. The van der Waals surface area contributed by atoms with Crippen molar-refractivity contribution in [2.45, 2.75) is 33.4 Å². The second-order valence-electron chi connectivity index (χ2n) is 6.59. The van der Waals surface area contributed by atoms with Crippen LogP contribution in [0.5, 0.6) is 11.5 Å². The van der Waals surface area contributed by atoms with Crippen LogP contribution in [0.4, 0.5) is 0 Å². The van der Waals surface area contributed by atoms with Crippen LogP contribution >= 0.6 is 34.8 Å². The number of amides is 1. The molecule has 8 heteroatoms. The number of carbonyl (C=O) groups is 1. The summed E-state index contributed by atoms with van der Waals surface area (Å²) in [7, 11) is 0. The molecule has 0 bridgehead atoms. The zero-order valence-electron chi connectivity index (χ0n) is 16.8. The Bertz CT molecular complexity index is 998. The average Bonchev–Trinajstić information content (AvgIpc) is 2.66. The summed E-state index contributed by atoms with van der Waals surface area (Å²) in [6.07, 6.45) is 1.45. The molecule has 0 fully saturated rings. The molecule has 0 spiro atoms. The maximum absolute atomic E-state index is 12.2. The highest BCUT2D eigenvalue weighted by Gasteiger charge is 2.15. The number of hydrogen-bond acceptors (Lipinski definition) is 4. The van der Waals surface area contributed by atoms with E-state index in [0.29, 0.717) is 33.7 Å². The highest BCUT2D eigenvalue weighted by atomic mass is 35.5. The van der Waals surface area contributed by atoms with Gasteiger partial charge in [0.25, 0.3) is 5.91 Å². The summed E-state index contributed by atoms with van der Waals surface area (Å²) >= 11 is 18.5. The first-order chi connectivity index (χ1) is 14.2. The number of carbonyl (C=O) groups excluding carboxylic acids is 1. The molecule has 0 heterocycles. The van der Waals surface area contributed by atoms with E-state index in [1.54, 1.807) is 30.3 Å². The third-order valence-corrected chi connectivity index (χ3v) is 4.68. The van der Waals surface area contributed by atoms with Crippen molar-refractivity contribution in [1.82, 2.24) is 5.32 Å². The zero-order valence-corrected chi connectivity index (χ0v) is 19.0. The Morgan fingerprint density at radius 2 is 1.90 bits per heavy atom. The third-order valence-electron chi connectivity index (χ3n) is 3.81. The molecule has 158 valence electrons. The summed E-state index contributed by atoms with van der Waals surface area (Å²) < 4.78 is 11.5. The van der Waals surface area contributed by atoms with E-state index in [0.717, 1.165) is 5.56 Å². The van der Waals surface area contributed by atoms with E-state index in [-0.39, 0.29) is 23.2 Å².